The van der Waals surface area contributed by atoms with Gasteiger partial charge in [-0.2, -0.15) is 0 Å². The number of amides is 1. The molecule has 0 unspecified atom stereocenters. The average Bonchev–Trinajstić information content (AvgIpc) is 3.48. The lowest BCUT2D eigenvalue weighted by Gasteiger charge is -2.14. The van der Waals surface area contributed by atoms with Crippen molar-refractivity contribution in [2.75, 3.05) is 18.0 Å². The molecular formula is C23H23FN6O5. The summed E-state index contributed by atoms with van der Waals surface area (Å²) in [7, 11) is 0. The normalized spacial score (nSPS) is 15.2. The zero-order valence-electron chi connectivity index (χ0n) is 18.9. The van der Waals surface area contributed by atoms with Crippen LogP contribution in [0.1, 0.15) is 25.5 Å². The minimum atomic E-state index is -0.568. The molecule has 0 saturated carbocycles. The fourth-order valence-electron chi connectivity index (χ4n) is 3.52. The van der Waals surface area contributed by atoms with Crippen molar-refractivity contribution in [3.8, 4) is 16.9 Å². The predicted octanol–water partition coefficient (Wildman–Crippen LogP) is 2.16. The lowest BCUT2D eigenvalue weighted by atomic mass is 10.1. The first kappa shape index (κ1) is 24.0. The molecule has 11 nitrogen and oxygen atoms in total. The molecule has 1 saturated heterocycles. The Morgan fingerprint density at radius 3 is 2.80 bits per heavy atom. The van der Waals surface area contributed by atoms with Gasteiger partial charge in [-0.1, -0.05) is 5.21 Å². The van der Waals surface area contributed by atoms with Crippen molar-refractivity contribution in [1.82, 2.24) is 20.0 Å². The number of hydrogen-bond donors (Lipinski definition) is 1. The summed E-state index contributed by atoms with van der Waals surface area (Å²) in [4.78, 5) is 40.2. The van der Waals surface area contributed by atoms with E-state index in [1.807, 2.05) is 0 Å². The summed E-state index contributed by atoms with van der Waals surface area (Å²) < 4.78 is 26.5. The third-order valence-electron chi connectivity index (χ3n) is 5.34. The van der Waals surface area contributed by atoms with Crippen molar-refractivity contribution in [3.63, 3.8) is 0 Å². The Kier molecular flexibility index (Phi) is 7.11. The van der Waals surface area contributed by atoms with Crippen molar-refractivity contribution in [3.05, 3.63) is 54.2 Å². The van der Waals surface area contributed by atoms with Crippen molar-refractivity contribution in [2.24, 2.45) is 5.73 Å². The smallest absolute Gasteiger partial charge is 0.414 e. The number of cyclic esters (lactones) is 1. The van der Waals surface area contributed by atoms with Gasteiger partial charge in [-0.25, -0.2) is 18.9 Å². The van der Waals surface area contributed by atoms with E-state index in [1.165, 1.54) is 28.8 Å². The van der Waals surface area contributed by atoms with Gasteiger partial charge in [0.1, 0.15) is 30.0 Å². The molecule has 0 spiro atoms. The number of Topliss-reactive ketones (excluding diaryl/α,β-unsaturated/α-hetero) is 1. The highest BCUT2D eigenvalue weighted by Crippen LogP contribution is 2.29. The number of nitrogens with two attached hydrogens (primary N) is 1. The van der Waals surface area contributed by atoms with Crippen molar-refractivity contribution >= 4 is 23.5 Å². The maximum atomic E-state index is 14.9. The van der Waals surface area contributed by atoms with Crippen LogP contribution >= 0.6 is 0 Å². The molecule has 3 heterocycles. The van der Waals surface area contributed by atoms with Crippen LogP contribution in [0.5, 0.6) is 0 Å². The zero-order chi connectivity index (χ0) is 24.9. The monoisotopic (exact) mass is 482 g/mol. The Morgan fingerprint density at radius 1 is 1.29 bits per heavy atom. The minimum absolute atomic E-state index is 0.0202. The summed E-state index contributed by atoms with van der Waals surface area (Å²) in [5, 5.41) is 7.85. The van der Waals surface area contributed by atoms with Gasteiger partial charge in [0.2, 0.25) is 0 Å². The second kappa shape index (κ2) is 10.4. The molecular weight excluding hydrogens is 459 g/mol. The van der Waals surface area contributed by atoms with Gasteiger partial charge in [0, 0.05) is 23.7 Å². The number of carbonyl (C=O) groups is 3. The molecule has 0 bridgehead atoms. The number of rotatable bonds is 9. The largest absolute Gasteiger partial charge is 0.458 e. The molecule has 2 aromatic heterocycles. The van der Waals surface area contributed by atoms with Gasteiger partial charge in [-0.05, 0) is 43.7 Å². The third-order valence-corrected chi connectivity index (χ3v) is 5.34. The Morgan fingerprint density at radius 2 is 2.11 bits per heavy atom. The third kappa shape index (κ3) is 5.66. The van der Waals surface area contributed by atoms with Crippen LogP contribution in [0.15, 0.2) is 42.7 Å². The Bertz CT molecular complexity index is 1250. The van der Waals surface area contributed by atoms with Crippen LogP contribution in [-0.2, 0) is 25.7 Å². The number of pyridine rings is 1. The Balaban J connectivity index is 1.44. The van der Waals surface area contributed by atoms with Gasteiger partial charge in [0.25, 0.3) is 0 Å². The maximum Gasteiger partial charge on any atom is 0.414 e. The summed E-state index contributed by atoms with van der Waals surface area (Å²) in [5.41, 5.74) is 6.82. The molecule has 1 amide bonds. The molecule has 0 radical (unpaired) electrons. The van der Waals surface area contributed by atoms with Gasteiger partial charge in [0.15, 0.2) is 5.82 Å². The number of benzene rings is 1. The van der Waals surface area contributed by atoms with Crippen molar-refractivity contribution in [1.29, 1.82) is 0 Å². The zero-order valence-corrected chi connectivity index (χ0v) is 18.9. The second-order valence-corrected chi connectivity index (χ2v) is 7.95. The first-order valence-corrected chi connectivity index (χ1v) is 10.8. The van der Waals surface area contributed by atoms with E-state index in [9.17, 15) is 18.8 Å². The number of hydrogen-bond acceptors (Lipinski definition) is 9. The van der Waals surface area contributed by atoms with Crippen LogP contribution in [-0.4, -0.2) is 57.0 Å². The maximum absolute atomic E-state index is 14.9. The summed E-state index contributed by atoms with van der Waals surface area (Å²) >= 11 is 0. The highest BCUT2D eigenvalue weighted by atomic mass is 19.1. The second-order valence-electron chi connectivity index (χ2n) is 7.95. The molecule has 182 valence electrons. The van der Waals surface area contributed by atoms with Gasteiger partial charge >= 0.3 is 12.1 Å². The molecule has 12 heteroatoms. The van der Waals surface area contributed by atoms with Gasteiger partial charge in [0.05, 0.1) is 25.0 Å². The van der Waals surface area contributed by atoms with E-state index >= 15 is 0 Å². The van der Waals surface area contributed by atoms with Gasteiger partial charge in [-0.15, -0.1) is 5.10 Å². The van der Waals surface area contributed by atoms with Crippen LogP contribution < -0.4 is 10.6 Å². The van der Waals surface area contributed by atoms with Crippen LogP contribution in [0, 0.1) is 5.82 Å². The lowest BCUT2D eigenvalue weighted by molar-refractivity contribution is -0.143. The fourth-order valence-corrected chi connectivity index (χ4v) is 3.52. The standard InChI is InChI=1S/C23H23FN6O5/c1-14(31)2-5-18-12-29(23(33)35-18)17-4-6-19(20(24)8-17)15-3-7-21(26-10-15)30-11-16(27-28-30)13-34-22(32)9-25/h3-4,6-8,10-11,18H,2,5,9,12-13,25H2,1H3/t18-/m0/s1. The molecule has 0 aliphatic carbocycles. The highest BCUT2D eigenvalue weighted by Gasteiger charge is 2.32. The predicted molar refractivity (Wildman–Crippen MR) is 121 cm³/mol. The number of esters is 1. The fraction of sp³-hybridized carbons (Fsp3) is 0.304. The average molecular weight is 482 g/mol. The highest BCUT2D eigenvalue weighted by molar-refractivity contribution is 5.90. The van der Waals surface area contributed by atoms with Crippen LogP contribution in [0.3, 0.4) is 0 Å². The van der Waals surface area contributed by atoms with Gasteiger partial charge < -0.3 is 20.0 Å². The molecule has 4 rings (SSSR count). The molecule has 1 aliphatic heterocycles. The number of ketones is 1. The van der Waals surface area contributed by atoms with E-state index in [1.54, 1.807) is 30.5 Å². The topological polar surface area (TPSA) is 143 Å². The molecule has 1 aliphatic rings. The lowest BCUT2D eigenvalue weighted by Crippen LogP contribution is -2.24. The number of carbonyl (C=O) groups excluding carboxylic acids is 3. The number of halogens is 1. The van der Waals surface area contributed by atoms with Crippen molar-refractivity contribution < 1.29 is 28.2 Å². The SMILES string of the molecule is CC(=O)CC[C@H]1CN(c2ccc(-c3ccc(-n4cc(COC(=O)CN)nn4)nc3)c(F)c2)C(=O)O1. The molecule has 1 aromatic carbocycles. The molecule has 1 atom stereocenters. The van der Waals surface area contributed by atoms with Crippen LogP contribution in [0.2, 0.25) is 0 Å². The summed E-state index contributed by atoms with van der Waals surface area (Å²) in [6.45, 7) is 1.45. The number of ether oxygens (including phenoxy) is 2. The Labute approximate surface area is 199 Å². The van der Waals surface area contributed by atoms with Gasteiger partial charge in [-0.3, -0.25) is 9.69 Å². The summed E-state index contributed by atoms with van der Waals surface area (Å²) in [6.07, 6.45) is 2.82. The Hall–Kier alpha value is -4.19. The summed E-state index contributed by atoms with van der Waals surface area (Å²) in [6, 6.07) is 7.79. The molecule has 1 fully saturated rings. The molecule has 35 heavy (non-hydrogen) atoms. The summed E-state index contributed by atoms with van der Waals surface area (Å²) in [5.74, 6) is -0.621. The quantitative estimate of drug-likeness (QED) is 0.454. The van der Waals surface area contributed by atoms with E-state index < -0.39 is 24.0 Å². The van der Waals surface area contributed by atoms with E-state index in [-0.39, 0.29) is 25.5 Å². The molecule has 2 N–H and O–H groups in total. The van der Waals surface area contributed by atoms with Crippen LogP contribution in [0.4, 0.5) is 14.9 Å². The first-order valence-electron chi connectivity index (χ1n) is 10.8. The van der Waals surface area contributed by atoms with Crippen molar-refractivity contribution in [2.45, 2.75) is 32.5 Å². The van der Waals surface area contributed by atoms with E-state index in [4.69, 9.17) is 15.2 Å². The van der Waals surface area contributed by atoms with E-state index in [0.29, 0.717) is 41.2 Å². The number of anilines is 1. The first-order chi connectivity index (χ1) is 16.8. The van der Waals surface area contributed by atoms with E-state index in [2.05, 4.69) is 15.3 Å². The van der Waals surface area contributed by atoms with E-state index in [0.717, 1.165) is 0 Å². The minimum Gasteiger partial charge on any atom is -0.458 e. The number of nitrogens with zero attached hydrogens (tertiary/aromatic N) is 5. The molecule has 3 aromatic rings. The number of aromatic nitrogens is 4. The van der Waals surface area contributed by atoms with Crippen LogP contribution in [0.25, 0.3) is 16.9 Å².